The average Bonchev–Trinajstić information content (AvgIpc) is 2.70. The normalized spacial score (nSPS) is 12.8. The Hall–Kier alpha value is -2.86. The Bertz CT molecular complexity index is 831. The fourth-order valence-corrected chi connectivity index (χ4v) is 3.45. The standard InChI is InChI=1S/C24H27NO2/c1-3-5-11-18(4-2)16-20-14-9-10-15-21(20)23(22(17-25)24(26)27)19-12-7-6-8-13-19/h6-10,12-15,18H,3-5,11,16H2,1-2H3,(H,26,27). The van der Waals surface area contributed by atoms with Gasteiger partial charge in [-0.15, -0.1) is 0 Å². The summed E-state index contributed by atoms with van der Waals surface area (Å²) in [6.07, 6.45) is 5.51. The maximum Gasteiger partial charge on any atom is 0.347 e. The molecule has 0 radical (unpaired) electrons. The van der Waals surface area contributed by atoms with Crippen LogP contribution in [0.1, 0.15) is 56.2 Å². The van der Waals surface area contributed by atoms with Crippen LogP contribution in [0.5, 0.6) is 0 Å². The largest absolute Gasteiger partial charge is 0.477 e. The van der Waals surface area contributed by atoms with E-state index in [4.69, 9.17) is 0 Å². The molecule has 0 bridgehead atoms. The summed E-state index contributed by atoms with van der Waals surface area (Å²) in [7, 11) is 0. The van der Waals surface area contributed by atoms with E-state index in [0.717, 1.165) is 36.0 Å². The molecule has 3 nitrogen and oxygen atoms in total. The van der Waals surface area contributed by atoms with Crippen molar-refractivity contribution in [1.29, 1.82) is 5.26 Å². The molecule has 1 N–H and O–H groups in total. The number of carbonyl (C=O) groups is 1. The van der Waals surface area contributed by atoms with Gasteiger partial charge in [-0.05, 0) is 29.0 Å². The Kier molecular flexibility index (Phi) is 7.82. The first-order valence-electron chi connectivity index (χ1n) is 9.63. The van der Waals surface area contributed by atoms with Crippen molar-refractivity contribution in [2.45, 2.75) is 46.0 Å². The molecule has 0 aliphatic heterocycles. The quantitative estimate of drug-likeness (QED) is 0.450. The maximum atomic E-state index is 11.8. The monoisotopic (exact) mass is 361 g/mol. The van der Waals surface area contributed by atoms with Crippen LogP contribution < -0.4 is 0 Å². The minimum absolute atomic E-state index is 0.213. The van der Waals surface area contributed by atoms with E-state index in [-0.39, 0.29) is 5.57 Å². The van der Waals surface area contributed by atoms with Crippen molar-refractivity contribution in [2.24, 2.45) is 5.92 Å². The van der Waals surface area contributed by atoms with E-state index in [1.807, 2.05) is 54.6 Å². The molecular weight excluding hydrogens is 334 g/mol. The van der Waals surface area contributed by atoms with E-state index in [1.54, 1.807) is 0 Å². The topological polar surface area (TPSA) is 61.1 Å². The number of hydrogen-bond acceptors (Lipinski definition) is 2. The number of aliphatic carboxylic acids is 1. The molecule has 0 aliphatic carbocycles. The second kappa shape index (κ2) is 10.3. The third-order valence-corrected chi connectivity index (χ3v) is 4.98. The first-order valence-corrected chi connectivity index (χ1v) is 9.63. The zero-order chi connectivity index (χ0) is 19.6. The van der Waals surface area contributed by atoms with Crippen LogP contribution in [0, 0.1) is 17.2 Å². The summed E-state index contributed by atoms with van der Waals surface area (Å²) in [5.74, 6) is -0.636. The Labute approximate surface area is 162 Å². The second-order valence-corrected chi connectivity index (χ2v) is 6.81. The summed E-state index contributed by atoms with van der Waals surface area (Å²) in [4.78, 5) is 11.8. The van der Waals surface area contributed by atoms with E-state index in [9.17, 15) is 15.2 Å². The third kappa shape index (κ3) is 5.31. The molecule has 3 heteroatoms. The van der Waals surface area contributed by atoms with Gasteiger partial charge in [-0.3, -0.25) is 0 Å². The summed E-state index contributed by atoms with van der Waals surface area (Å²) in [6.45, 7) is 4.40. The fraction of sp³-hybridized carbons (Fsp3) is 0.333. The first-order chi connectivity index (χ1) is 13.1. The summed E-state index contributed by atoms with van der Waals surface area (Å²) in [6, 6.07) is 19.1. The smallest absolute Gasteiger partial charge is 0.347 e. The van der Waals surface area contributed by atoms with Crippen LogP contribution in [-0.2, 0) is 11.2 Å². The molecule has 2 rings (SSSR count). The Morgan fingerprint density at radius 1 is 1.07 bits per heavy atom. The number of carboxylic acids is 1. The number of rotatable bonds is 9. The molecule has 2 aromatic carbocycles. The van der Waals surface area contributed by atoms with Gasteiger partial charge in [0, 0.05) is 5.57 Å². The van der Waals surface area contributed by atoms with E-state index in [1.165, 1.54) is 12.8 Å². The van der Waals surface area contributed by atoms with Crippen molar-refractivity contribution in [1.82, 2.24) is 0 Å². The molecule has 0 aliphatic rings. The van der Waals surface area contributed by atoms with Crippen molar-refractivity contribution in [3.8, 4) is 6.07 Å². The van der Waals surface area contributed by atoms with E-state index in [0.29, 0.717) is 11.5 Å². The highest BCUT2D eigenvalue weighted by Gasteiger charge is 2.21. The lowest BCUT2D eigenvalue weighted by Gasteiger charge is -2.19. The molecule has 0 saturated carbocycles. The highest BCUT2D eigenvalue weighted by molar-refractivity contribution is 6.04. The van der Waals surface area contributed by atoms with Crippen LogP contribution in [0.25, 0.3) is 5.57 Å². The Morgan fingerprint density at radius 3 is 2.33 bits per heavy atom. The van der Waals surface area contributed by atoms with Gasteiger partial charge in [-0.2, -0.15) is 5.26 Å². The molecule has 1 unspecified atom stereocenters. The van der Waals surface area contributed by atoms with E-state index in [2.05, 4.69) is 19.9 Å². The maximum absolute atomic E-state index is 11.8. The van der Waals surface area contributed by atoms with Gasteiger partial charge >= 0.3 is 5.97 Å². The van der Waals surface area contributed by atoms with E-state index < -0.39 is 5.97 Å². The number of carboxylic acid groups (broad SMARTS) is 1. The van der Waals surface area contributed by atoms with Crippen LogP contribution in [0.3, 0.4) is 0 Å². The lowest BCUT2D eigenvalue weighted by molar-refractivity contribution is -0.132. The van der Waals surface area contributed by atoms with Gasteiger partial charge in [0.05, 0.1) is 0 Å². The van der Waals surface area contributed by atoms with E-state index >= 15 is 0 Å². The molecule has 0 heterocycles. The zero-order valence-corrected chi connectivity index (χ0v) is 16.1. The van der Waals surface area contributed by atoms with Crippen LogP contribution in [0.4, 0.5) is 0 Å². The predicted molar refractivity (Wildman–Crippen MR) is 109 cm³/mol. The first kappa shape index (κ1) is 20.5. The number of nitriles is 1. The number of nitrogens with zero attached hydrogens (tertiary/aromatic N) is 1. The number of benzene rings is 2. The summed E-state index contributed by atoms with van der Waals surface area (Å²) >= 11 is 0. The molecule has 27 heavy (non-hydrogen) atoms. The van der Waals surface area contributed by atoms with Gasteiger partial charge in [-0.25, -0.2) is 4.79 Å². The minimum atomic E-state index is -1.19. The molecular formula is C24H27NO2. The second-order valence-electron chi connectivity index (χ2n) is 6.81. The molecule has 0 saturated heterocycles. The summed E-state index contributed by atoms with van der Waals surface area (Å²) in [5, 5.41) is 19.2. The van der Waals surface area contributed by atoms with Gasteiger partial charge in [0.25, 0.3) is 0 Å². The zero-order valence-electron chi connectivity index (χ0n) is 16.1. The molecule has 2 aromatic rings. The van der Waals surface area contributed by atoms with Gasteiger partial charge in [0.15, 0.2) is 0 Å². The van der Waals surface area contributed by atoms with Gasteiger partial charge in [-0.1, -0.05) is 94.1 Å². The van der Waals surface area contributed by atoms with Crippen LogP contribution >= 0.6 is 0 Å². The Morgan fingerprint density at radius 2 is 1.74 bits per heavy atom. The van der Waals surface area contributed by atoms with Gasteiger partial charge in [0.1, 0.15) is 11.6 Å². The lowest BCUT2D eigenvalue weighted by atomic mass is 9.85. The summed E-state index contributed by atoms with van der Waals surface area (Å²) in [5.41, 5.74) is 3.00. The predicted octanol–water partition coefficient (Wildman–Crippen LogP) is 5.86. The van der Waals surface area contributed by atoms with Crippen LogP contribution in [0.2, 0.25) is 0 Å². The number of hydrogen-bond donors (Lipinski definition) is 1. The minimum Gasteiger partial charge on any atom is -0.477 e. The lowest BCUT2D eigenvalue weighted by Crippen LogP contribution is -2.09. The molecule has 0 amide bonds. The highest BCUT2D eigenvalue weighted by Crippen LogP contribution is 2.32. The average molecular weight is 361 g/mol. The SMILES string of the molecule is CCCCC(CC)Cc1ccccc1C(=C(C#N)C(=O)O)c1ccccc1. The third-order valence-electron chi connectivity index (χ3n) is 4.98. The molecule has 0 spiro atoms. The van der Waals surface area contributed by atoms with Gasteiger partial charge in [0.2, 0.25) is 0 Å². The van der Waals surface area contributed by atoms with Crippen LogP contribution in [-0.4, -0.2) is 11.1 Å². The van der Waals surface area contributed by atoms with Crippen molar-refractivity contribution in [3.05, 3.63) is 76.9 Å². The van der Waals surface area contributed by atoms with Crippen molar-refractivity contribution >= 4 is 11.5 Å². The number of unbranched alkanes of at least 4 members (excludes halogenated alkanes) is 1. The van der Waals surface area contributed by atoms with Crippen molar-refractivity contribution in [2.75, 3.05) is 0 Å². The molecule has 1 atom stereocenters. The molecule has 0 aromatic heterocycles. The molecule has 140 valence electrons. The van der Waals surface area contributed by atoms with Crippen molar-refractivity contribution in [3.63, 3.8) is 0 Å². The van der Waals surface area contributed by atoms with Crippen molar-refractivity contribution < 1.29 is 9.90 Å². The summed E-state index contributed by atoms with van der Waals surface area (Å²) < 4.78 is 0. The fourth-order valence-electron chi connectivity index (χ4n) is 3.45. The molecule has 0 fully saturated rings. The highest BCUT2D eigenvalue weighted by atomic mass is 16.4. The van der Waals surface area contributed by atoms with Gasteiger partial charge < -0.3 is 5.11 Å². The Balaban J connectivity index is 2.58. The van der Waals surface area contributed by atoms with Crippen LogP contribution in [0.15, 0.2) is 60.2 Å².